The molecule has 142 valence electrons. The molecule has 0 aromatic carbocycles. The minimum atomic E-state index is -0.609. The number of likely N-dealkylation sites (N-methyl/N-ethyl adjacent to an activating group) is 1. The number of hydrogen-bond donors (Lipinski definition) is 3. The van der Waals surface area contributed by atoms with Crippen LogP contribution in [0.4, 0.5) is 0 Å². The first-order valence-electron chi connectivity index (χ1n) is 7.63. The van der Waals surface area contributed by atoms with E-state index in [-0.39, 0.29) is 56.0 Å². The van der Waals surface area contributed by atoms with Crippen molar-refractivity contribution in [2.45, 2.75) is 44.2 Å². The zero-order valence-electron chi connectivity index (χ0n) is 14.1. The third kappa shape index (κ3) is 6.80. The quantitative estimate of drug-likeness (QED) is 0.607. The number of nitrogens with one attached hydrogen (secondary N) is 1. The van der Waals surface area contributed by atoms with Crippen LogP contribution in [-0.2, 0) is 4.74 Å². The van der Waals surface area contributed by atoms with Crippen LogP contribution in [0.2, 0.25) is 0 Å². The minimum absolute atomic E-state index is 0. The van der Waals surface area contributed by atoms with Crippen molar-refractivity contribution >= 4 is 37.2 Å². The number of aliphatic hydroxyl groups excluding tert-OH is 2. The summed E-state index contributed by atoms with van der Waals surface area (Å²) in [5.74, 6) is 0. The van der Waals surface area contributed by atoms with Gasteiger partial charge in [0.1, 0.15) is 12.2 Å². The van der Waals surface area contributed by atoms with Crippen molar-refractivity contribution in [1.82, 2.24) is 15.1 Å². The molecule has 2 rings (SSSR count). The Morgan fingerprint density at radius 2 is 1.65 bits per heavy atom. The second-order valence-corrected chi connectivity index (χ2v) is 6.28. The lowest BCUT2D eigenvalue weighted by Crippen LogP contribution is -2.57. The van der Waals surface area contributed by atoms with Crippen LogP contribution in [0, 0.1) is 0 Å². The number of ether oxygens (including phenoxy) is 1. The Morgan fingerprint density at radius 1 is 1.09 bits per heavy atom. The Labute approximate surface area is 158 Å². The molecule has 4 atom stereocenters. The highest BCUT2D eigenvalue weighted by molar-refractivity contribution is 5.86. The number of nitrogens with zero attached hydrogens (tertiary/aromatic N) is 2. The molecule has 2 saturated heterocycles. The number of hydrogen-bond acceptors (Lipinski definition) is 6. The normalized spacial score (nSPS) is 32.1. The second kappa shape index (κ2) is 12.1. The van der Waals surface area contributed by atoms with Crippen molar-refractivity contribution in [2.24, 2.45) is 0 Å². The van der Waals surface area contributed by atoms with Gasteiger partial charge in [-0.05, 0) is 7.05 Å². The molecule has 0 aliphatic carbocycles. The summed E-state index contributed by atoms with van der Waals surface area (Å²) in [6, 6.07) is 0.365. The Kier molecular flexibility index (Phi) is 13.6. The van der Waals surface area contributed by atoms with Gasteiger partial charge in [-0.2, -0.15) is 0 Å². The lowest BCUT2D eigenvalue weighted by Gasteiger charge is -2.39. The highest BCUT2D eigenvalue weighted by atomic mass is 35.5. The van der Waals surface area contributed by atoms with Gasteiger partial charge in [0.2, 0.25) is 0 Å². The second-order valence-electron chi connectivity index (χ2n) is 6.28. The van der Waals surface area contributed by atoms with Crippen molar-refractivity contribution in [2.75, 3.05) is 46.4 Å². The van der Waals surface area contributed by atoms with E-state index in [1.165, 1.54) is 0 Å². The molecule has 0 aromatic heterocycles. The van der Waals surface area contributed by atoms with Crippen LogP contribution in [0.3, 0.4) is 0 Å². The van der Waals surface area contributed by atoms with Gasteiger partial charge in [0.15, 0.2) is 0 Å². The average Bonchev–Trinajstić information content (AvgIpc) is 2.74. The van der Waals surface area contributed by atoms with Gasteiger partial charge in [-0.1, -0.05) is 13.8 Å². The highest BCUT2D eigenvalue weighted by Crippen LogP contribution is 2.26. The fraction of sp³-hybridized carbons (Fsp3) is 1.00. The highest BCUT2D eigenvalue weighted by Gasteiger charge is 2.46. The molecule has 6 nitrogen and oxygen atoms in total. The molecular weight excluding hydrogens is 365 g/mol. The van der Waals surface area contributed by atoms with E-state index in [0.717, 1.165) is 26.2 Å². The summed E-state index contributed by atoms with van der Waals surface area (Å²) in [4.78, 5) is 4.61. The molecule has 0 spiro atoms. The molecule has 2 heterocycles. The zero-order chi connectivity index (χ0) is 14.7. The first-order chi connectivity index (χ1) is 9.52. The monoisotopic (exact) mass is 395 g/mol. The molecule has 0 amide bonds. The summed E-state index contributed by atoms with van der Waals surface area (Å²) in [5.41, 5.74) is 0. The van der Waals surface area contributed by atoms with E-state index < -0.39 is 12.2 Å². The van der Waals surface area contributed by atoms with Crippen molar-refractivity contribution in [3.8, 4) is 0 Å². The van der Waals surface area contributed by atoms with Crippen LogP contribution >= 0.6 is 37.2 Å². The van der Waals surface area contributed by atoms with E-state index in [1.807, 2.05) is 0 Å². The summed E-state index contributed by atoms with van der Waals surface area (Å²) in [5, 5.41) is 23.2. The van der Waals surface area contributed by atoms with Gasteiger partial charge in [0.25, 0.3) is 0 Å². The number of aliphatic hydroxyl groups is 2. The van der Waals surface area contributed by atoms with Crippen molar-refractivity contribution < 1.29 is 14.9 Å². The number of halogens is 3. The average molecular weight is 397 g/mol. The summed E-state index contributed by atoms with van der Waals surface area (Å²) in [6.45, 7) is 8.69. The standard InChI is InChI=1S/C14H29N3O3.3ClH/c1-10(2)15-8-11-13(14(19)12(9-18)20-11)17-6-4-16(3)5-7-17;;;/h10-15,18-19H,4-9H2,1-3H3;3*1H/t11-,12+,13+,14-;;;/m1.../s1. The Hall–Kier alpha value is 0.630. The van der Waals surface area contributed by atoms with E-state index in [1.54, 1.807) is 0 Å². The van der Waals surface area contributed by atoms with Gasteiger partial charge in [-0.3, -0.25) is 4.90 Å². The van der Waals surface area contributed by atoms with Crippen LogP contribution in [0.15, 0.2) is 0 Å². The maximum atomic E-state index is 10.4. The van der Waals surface area contributed by atoms with Gasteiger partial charge in [0.05, 0.1) is 18.8 Å². The molecule has 23 heavy (non-hydrogen) atoms. The fourth-order valence-electron chi connectivity index (χ4n) is 3.07. The van der Waals surface area contributed by atoms with Gasteiger partial charge in [-0.25, -0.2) is 0 Å². The predicted octanol–water partition coefficient (Wildman–Crippen LogP) is -0.0136. The van der Waals surface area contributed by atoms with Crippen molar-refractivity contribution in [1.29, 1.82) is 0 Å². The molecule has 9 heteroatoms. The fourth-order valence-corrected chi connectivity index (χ4v) is 3.07. The summed E-state index contributed by atoms with van der Waals surface area (Å²) >= 11 is 0. The van der Waals surface area contributed by atoms with Crippen LogP contribution in [0.5, 0.6) is 0 Å². The molecule has 0 unspecified atom stereocenters. The van der Waals surface area contributed by atoms with Crippen LogP contribution < -0.4 is 5.32 Å². The number of piperazine rings is 1. The van der Waals surface area contributed by atoms with Crippen molar-refractivity contribution in [3.63, 3.8) is 0 Å². The maximum absolute atomic E-state index is 10.4. The van der Waals surface area contributed by atoms with Crippen LogP contribution in [0.25, 0.3) is 0 Å². The summed E-state index contributed by atoms with van der Waals surface area (Å²) in [7, 11) is 2.12. The Balaban J connectivity index is 0. The third-order valence-corrected chi connectivity index (χ3v) is 4.33. The van der Waals surface area contributed by atoms with Crippen molar-refractivity contribution in [3.05, 3.63) is 0 Å². The molecular formula is C14H32Cl3N3O3. The predicted molar refractivity (Wildman–Crippen MR) is 99.5 cm³/mol. The number of rotatable bonds is 5. The SMILES string of the molecule is CC(C)NC[C@H]1O[C@@H](CO)[C@@H](O)[C@H]1N1CCN(C)CC1.Cl.Cl.Cl. The smallest absolute Gasteiger partial charge is 0.109 e. The van der Waals surface area contributed by atoms with E-state index in [2.05, 4.69) is 36.0 Å². The molecule has 0 radical (unpaired) electrons. The molecule has 0 saturated carbocycles. The first kappa shape index (κ1) is 25.9. The third-order valence-electron chi connectivity index (χ3n) is 4.33. The largest absolute Gasteiger partial charge is 0.394 e. The lowest BCUT2D eigenvalue weighted by molar-refractivity contribution is -0.0216. The summed E-state index contributed by atoms with van der Waals surface area (Å²) < 4.78 is 5.85. The van der Waals surface area contributed by atoms with E-state index in [9.17, 15) is 10.2 Å². The summed E-state index contributed by atoms with van der Waals surface area (Å²) in [6.07, 6.45) is -1.13. The van der Waals surface area contributed by atoms with E-state index in [0.29, 0.717) is 12.6 Å². The zero-order valence-corrected chi connectivity index (χ0v) is 16.5. The van der Waals surface area contributed by atoms with Gasteiger partial charge in [-0.15, -0.1) is 37.2 Å². The first-order valence-corrected chi connectivity index (χ1v) is 7.63. The molecule has 2 aliphatic heterocycles. The molecule has 0 aromatic rings. The Morgan fingerprint density at radius 3 is 2.13 bits per heavy atom. The molecule has 3 N–H and O–H groups in total. The molecule has 0 bridgehead atoms. The van der Waals surface area contributed by atoms with Crippen LogP contribution in [0.1, 0.15) is 13.8 Å². The van der Waals surface area contributed by atoms with Gasteiger partial charge in [0, 0.05) is 38.8 Å². The Bertz CT molecular complexity index is 308. The topological polar surface area (TPSA) is 68.2 Å². The van der Waals surface area contributed by atoms with E-state index in [4.69, 9.17) is 4.74 Å². The maximum Gasteiger partial charge on any atom is 0.109 e. The van der Waals surface area contributed by atoms with Gasteiger partial charge < -0.3 is 25.2 Å². The van der Waals surface area contributed by atoms with Crippen LogP contribution in [-0.4, -0.2) is 96.8 Å². The minimum Gasteiger partial charge on any atom is -0.394 e. The van der Waals surface area contributed by atoms with Gasteiger partial charge >= 0.3 is 0 Å². The molecule has 2 aliphatic rings. The van der Waals surface area contributed by atoms with E-state index >= 15 is 0 Å². The lowest BCUT2D eigenvalue weighted by atomic mass is 10.0. The molecule has 2 fully saturated rings.